The first kappa shape index (κ1) is 12.7. The lowest BCUT2D eigenvalue weighted by Crippen LogP contribution is -2.25. The van der Waals surface area contributed by atoms with Gasteiger partial charge in [-0.15, -0.1) is 5.10 Å². The van der Waals surface area contributed by atoms with Crippen LogP contribution >= 0.6 is 11.5 Å². The Morgan fingerprint density at radius 3 is 3.11 bits per heavy atom. The summed E-state index contributed by atoms with van der Waals surface area (Å²) in [5.74, 6) is 0.337. The summed E-state index contributed by atoms with van der Waals surface area (Å²) >= 11 is 1.38. The van der Waals surface area contributed by atoms with E-state index in [9.17, 15) is 4.39 Å². The van der Waals surface area contributed by atoms with Crippen molar-refractivity contribution in [1.29, 1.82) is 0 Å². The number of nitrogens with zero attached hydrogens (tertiary/aromatic N) is 2. The first-order chi connectivity index (χ1) is 9.31. The SMILES string of the molecule is Fc1cccc([C@@H]2CC[C@@H](NCc3csnn3)C2)c1. The van der Waals surface area contributed by atoms with E-state index < -0.39 is 0 Å². The average molecular weight is 277 g/mol. The molecule has 0 bridgehead atoms. The predicted molar refractivity (Wildman–Crippen MR) is 73.5 cm³/mol. The zero-order chi connectivity index (χ0) is 13.1. The van der Waals surface area contributed by atoms with E-state index in [-0.39, 0.29) is 5.82 Å². The van der Waals surface area contributed by atoms with Crippen molar-refractivity contribution < 1.29 is 4.39 Å². The minimum atomic E-state index is -0.137. The molecule has 1 heterocycles. The lowest BCUT2D eigenvalue weighted by atomic mass is 9.97. The Hall–Kier alpha value is -1.33. The molecule has 0 radical (unpaired) electrons. The standard InChI is InChI=1S/C14H16FN3S/c15-12-3-1-2-10(6-12)11-4-5-13(7-11)16-8-14-9-19-18-17-14/h1-3,6,9,11,13,16H,4-5,7-8H2/t11-,13-/m1/s1. The van der Waals surface area contributed by atoms with E-state index in [1.807, 2.05) is 11.4 Å². The number of benzene rings is 1. The summed E-state index contributed by atoms with van der Waals surface area (Å²) < 4.78 is 17.1. The van der Waals surface area contributed by atoms with E-state index in [0.29, 0.717) is 12.0 Å². The monoisotopic (exact) mass is 277 g/mol. The van der Waals surface area contributed by atoms with E-state index in [1.165, 1.54) is 17.6 Å². The van der Waals surface area contributed by atoms with Crippen LogP contribution in [0.15, 0.2) is 29.6 Å². The van der Waals surface area contributed by atoms with Crippen LogP contribution in [0.4, 0.5) is 4.39 Å². The summed E-state index contributed by atoms with van der Waals surface area (Å²) in [6, 6.07) is 7.49. The summed E-state index contributed by atoms with van der Waals surface area (Å²) in [5, 5.41) is 9.50. The molecule has 2 aromatic rings. The molecule has 0 aliphatic heterocycles. The van der Waals surface area contributed by atoms with Gasteiger partial charge in [0.05, 0.1) is 5.69 Å². The largest absolute Gasteiger partial charge is 0.308 e. The van der Waals surface area contributed by atoms with Crippen molar-refractivity contribution >= 4 is 11.5 Å². The van der Waals surface area contributed by atoms with Crippen molar-refractivity contribution in [3.8, 4) is 0 Å². The summed E-state index contributed by atoms with van der Waals surface area (Å²) in [6.45, 7) is 0.775. The maximum atomic E-state index is 13.2. The van der Waals surface area contributed by atoms with E-state index in [4.69, 9.17) is 0 Å². The summed E-state index contributed by atoms with van der Waals surface area (Å²) in [7, 11) is 0. The molecule has 1 aliphatic carbocycles. The fraction of sp³-hybridized carbons (Fsp3) is 0.429. The highest BCUT2D eigenvalue weighted by atomic mass is 32.1. The van der Waals surface area contributed by atoms with Crippen LogP contribution in [-0.2, 0) is 6.54 Å². The number of hydrogen-bond acceptors (Lipinski definition) is 4. The van der Waals surface area contributed by atoms with Gasteiger partial charge in [0, 0.05) is 18.0 Å². The molecule has 1 aromatic carbocycles. The lowest BCUT2D eigenvalue weighted by Gasteiger charge is -2.12. The van der Waals surface area contributed by atoms with Gasteiger partial charge in [-0.2, -0.15) is 0 Å². The van der Waals surface area contributed by atoms with Gasteiger partial charge in [-0.25, -0.2) is 4.39 Å². The molecular formula is C14H16FN3S. The molecule has 0 amide bonds. The molecule has 1 fully saturated rings. The van der Waals surface area contributed by atoms with Gasteiger partial charge in [0.15, 0.2) is 0 Å². The Bertz CT molecular complexity index is 529. The van der Waals surface area contributed by atoms with Crippen molar-refractivity contribution in [3.05, 3.63) is 46.7 Å². The third-order valence-electron chi connectivity index (χ3n) is 3.73. The van der Waals surface area contributed by atoms with Crippen molar-refractivity contribution in [2.24, 2.45) is 0 Å². The molecule has 19 heavy (non-hydrogen) atoms. The highest BCUT2D eigenvalue weighted by molar-refractivity contribution is 7.03. The van der Waals surface area contributed by atoms with Crippen LogP contribution < -0.4 is 5.32 Å². The first-order valence-electron chi connectivity index (χ1n) is 6.56. The maximum Gasteiger partial charge on any atom is 0.123 e. The van der Waals surface area contributed by atoms with Gasteiger partial charge in [-0.1, -0.05) is 16.6 Å². The second kappa shape index (κ2) is 5.75. The van der Waals surface area contributed by atoms with E-state index in [0.717, 1.165) is 37.1 Å². The Morgan fingerprint density at radius 1 is 1.37 bits per heavy atom. The Balaban J connectivity index is 1.55. The predicted octanol–water partition coefficient (Wildman–Crippen LogP) is 3.10. The number of aromatic nitrogens is 2. The van der Waals surface area contributed by atoms with Gasteiger partial charge in [0.2, 0.25) is 0 Å². The zero-order valence-corrected chi connectivity index (χ0v) is 11.4. The van der Waals surface area contributed by atoms with Gasteiger partial charge < -0.3 is 5.32 Å². The minimum absolute atomic E-state index is 0.137. The Labute approximate surface area is 116 Å². The lowest BCUT2D eigenvalue weighted by molar-refractivity contribution is 0.512. The van der Waals surface area contributed by atoms with Gasteiger partial charge in [0.25, 0.3) is 0 Å². The van der Waals surface area contributed by atoms with E-state index in [2.05, 4.69) is 14.9 Å². The van der Waals surface area contributed by atoms with Crippen molar-refractivity contribution in [2.45, 2.75) is 37.8 Å². The molecule has 3 rings (SSSR count). The molecule has 0 saturated heterocycles. The van der Waals surface area contributed by atoms with Gasteiger partial charge in [-0.05, 0) is 54.4 Å². The fourth-order valence-corrected chi connectivity index (χ4v) is 3.19. The number of nitrogens with one attached hydrogen (secondary N) is 1. The van der Waals surface area contributed by atoms with Gasteiger partial charge in [0.1, 0.15) is 5.82 Å². The second-order valence-corrected chi connectivity index (χ2v) is 5.65. The molecular weight excluding hydrogens is 261 g/mol. The normalized spacial score (nSPS) is 22.8. The van der Waals surface area contributed by atoms with Gasteiger partial charge >= 0.3 is 0 Å². The minimum Gasteiger partial charge on any atom is -0.308 e. The number of halogens is 1. The van der Waals surface area contributed by atoms with Crippen LogP contribution in [-0.4, -0.2) is 15.6 Å². The smallest absolute Gasteiger partial charge is 0.123 e. The van der Waals surface area contributed by atoms with Crippen LogP contribution in [0.5, 0.6) is 0 Å². The molecule has 2 atom stereocenters. The molecule has 5 heteroatoms. The summed E-state index contributed by atoms with van der Waals surface area (Å²) in [5.41, 5.74) is 2.12. The molecule has 0 unspecified atom stereocenters. The van der Waals surface area contributed by atoms with Crippen LogP contribution in [0, 0.1) is 5.82 Å². The van der Waals surface area contributed by atoms with Crippen LogP contribution in [0.1, 0.15) is 36.4 Å². The third kappa shape index (κ3) is 3.16. The topological polar surface area (TPSA) is 37.8 Å². The Kier molecular flexibility index (Phi) is 3.84. The number of hydrogen-bond donors (Lipinski definition) is 1. The molecule has 100 valence electrons. The molecule has 3 nitrogen and oxygen atoms in total. The highest BCUT2D eigenvalue weighted by Gasteiger charge is 2.25. The Morgan fingerprint density at radius 2 is 2.32 bits per heavy atom. The molecule has 1 aliphatic rings. The fourth-order valence-electron chi connectivity index (χ4n) is 2.74. The zero-order valence-electron chi connectivity index (χ0n) is 10.6. The molecule has 1 aromatic heterocycles. The maximum absolute atomic E-state index is 13.2. The highest BCUT2D eigenvalue weighted by Crippen LogP contribution is 2.34. The third-order valence-corrected chi connectivity index (χ3v) is 4.28. The van der Waals surface area contributed by atoms with Crippen LogP contribution in [0.25, 0.3) is 0 Å². The molecule has 1 saturated carbocycles. The summed E-state index contributed by atoms with van der Waals surface area (Å²) in [4.78, 5) is 0. The van der Waals surface area contributed by atoms with Crippen LogP contribution in [0.3, 0.4) is 0 Å². The quantitative estimate of drug-likeness (QED) is 0.933. The molecule has 0 spiro atoms. The first-order valence-corrected chi connectivity index (χ1v) is 7.39. The average Bonchev–Trinajstić information content (AvgIpc) is 3.08. The van der Waals surface area contributed by atoms with Crippen LogP contribution in [0.2, 0.25) is 0 Å². The van der Waals surface area contributed by atoms with Gasteiger partial charge in [-0.3, -0.25) is 0 Å². The van der Waals surface area contributed by atoms with Crippen molar-refractivity contribution in [2.75, 3.05) is 0 Å². The summed E-state index contributed by atoms with van der Waals surface area (Å²) in [6.07, 6.45) is 3.33. The number of rotatable bonds is 4. The van der Waals surface area contributed by atoms with Crippen molar-refractivity contribution in [3.63, 3.8) is 0 Å². The van der Waals surface area contributed by atoms with E-state index >= 15 is 0 Å². The molecule has 1 N–H and O–H groups in total. The van der Waals surface area contributed by atoms with Crippen molar-refractivity contribution in [1.82, 2.24) is 14.9 Å². The van der Waals surface area contributed by atoms with E-state index in [1.54, 1.807) is 12.1 Å². The second-order valence-electron chi connectivity index (χ2n) is 5.04.